The van der Waals surface area contributed by atoms with Gasteiger partial charge in [-0.2, -0.15) is 5.10 Å². The largest absolute Gasteiger partial charge is 0.383 e. The summed E-state index contributed by atoms with van der Waals surface area (Å²) in [6.45, 7) is 2.11. The molecular formula is C20H22ClN3O3S. The van der Waals surface area contributed by atoms with Crippen molar-refractivity contribution in [3.63, 3.8) is 0 Å². The maximum absolute atomic E-state index is 13.1. The van der Waals surface area contributed by atoms with Gasteiger partial charge in [-0.3, -0.25) is 9.59 Å². The lowest BCUT2D eigenvalue weighted by atomic mass is 10.0. The third-order valence-electron chi connectivity index (χ3n) is 4.57. The highest BCUT2D eigenvalue weighted by molar-refractivity contribution is 7.12. The van der Waals surface area contributed by atoms with Gasteiger partial charge in [-0.1, -0.05) is 35.9 Å². The van der Waals surface area contributed by atoms with Gasteiger partial charge in [-0.25, -0.2) is 5.01 Å². The molecule has 6 nitrogen and oxygen atoms in total. The van der Waals surface area contributed by atoms with Gasteiger partial charge in [0, 0.05) is 32.0 Å². The first kappa shape index (κ1) is 20.5. The standard InChI is InChI=1S/C20H22ClN3O3S/c1-14(25)23(9-10-27-2)13-20(26)24-18(15-6-3-4-7-16(15)21)12-17(22-24)19-8-5-11-28-19/h3-8,11,18H,9-10,12-13H2,1-2H3/t18-/m0/s1. The van der Waals surface area contributed by atoms with E-state index in [1.54, 1.807) is 18.4 Å². The second-order valence-electron chi connectivity index (χ2n) is 6.44. The third-order valence-corrected chi connectivity index (χ3v) is 5.84. The number of amides is 2. The molecule has 148 valence electrons. The second kappa shape index (κ2) is 9.32. The van der Waals surface area contributed by atoms with Crippen LogP contribution in [0.1, 0.15) is 29.8 Å². The summed E-state index contributed by atoms with van der Waals surface area (Å²) < 4.78 is 5.04. The van der Waals surface area contributed by atoms with Gasteiger partial charge in [-0.05, 0) is 23.1 Å². The Bertz CT molecular complexity index is 869. The van der Waals surface area contributed by atoms with Crippen molar-refractivity contribution in [2.45, 2.75) is 19.4 Å². The van der Waals surface area contributed by atoms with Gasteiger partial charge in [0.1, 0.15) is 6.54 Å². The molecule has 0 fully saturated rings. The Kier molecular flexibility index (Phi) is 6.83. The number of nitrogens with zero attached hydrogens (tertiary/aromatic N) is 3. The summed E-state index contributed by atoms with van der Waals surface area (Å²) in [6, 6.07) is 11.1. The van der Waals surface area contributed by atoms with Crippen molar-refractivity contribution < 1.29 is 14.3 Å². The lowest BCUT2D eigenvalue weighted by Crippen LogP contribution is -2.41. The van der Waals surface area contributed by atoms with E-state index < -0.39 is 0 Å². The lowest BCUT2D eigenvalue weighted by molar-refractivity contribution is -0.141. The van der Waals surface area contributed by atoms with Crippen LogP contribution >= 0.6 is 22.9 Å². The van der Waals surface area contributed by atoms with Crippen molar-refractivity contribution in [2.75, 3.05) is 26.8 Å². The number of ether oxygens (including phenoxy) is 1. The van der Waals surface area contributed by atoms with Crippen molar-refractivity contribution in [1.29, 1.82) is 0 Å². The Labute approximate surface area is 173 Å². The Morgan fingerprint density at radius 2 is 2.11 bits per heavy atom. The normalized spacial score (nSPS) is 16.2. The minimum absolute atomic E-state index is 0.0547. The quantitative estimate of drug-likeness (QED) is 0.689. The van der Waals surface area contributed by atoms with Gasteiger partial charge in [0.05, 0.1) is 23.2 Å². The predicted molar refractivity (Wildman–Crippen MR) is 111 cm³/mol. The zero-order valence-corrected chi connectivity index (χ0v) is 17.4. The summed E-state index contributed by atoms with van der Waals surface area (Å²) in [7, 11) is 1.56. The molecule has 2 heterocycles. The van der Waals surface area contributed by atoms with Gasteiger partial charge in [0.25, 0.3) is 5.91 Å². The molecule has 1 aliphatic heterocycles. The van der Waals surface area contributed by atoms with Crippen molar-refractivity contribution >= 4 is 40.5 Å². The van der Waals surface area contributed by atoms with Crippen molar-refractivity contribution in [1.82, 2.24) is 9.91 Å². The second-order valence-corrected chi connectivity index (χ2v) is 7.79. The number of carbonyl (C=O) groups excluding carboxylic acids is 2. The monoisotopic (exact) mass is 419 g/mol. The smallest absolute Gasteiger partial charge is 0.262 e. The molecule has 1 aromatic heterocycles. The number of methoxy groups -OCH3 is 1. The summed E-state index contributed by atoms with van der Waals surface area (Å²) in [4.78, 5) is 27.5. The summed E-state index contributed by atoms with van der Waals surface area (Å²) in [5.74, 6) is -0.427. The van der Waals surface area contributed by atoms with Gasteiger partial charge in [-0.15, -0.1) is 11.3 Å². The summed E-state index contributed by atoms with van der Waals surface area (Å²) >= 11 is 7.99. The van der Waals surface area contributed by atoms with Crippen LogP contribution in [0.5, 0.6) is 0 Å². The average molecular weight is 420 g/mol. The molecule has 1 aromatic carbocycles. The Balaban J connectivity index is 1.87. The van der Waals surface area contributed by atoms with E-state index in [4.69, 9.17) is 16.3 Å². The van der Waals surface area contributed by atoms with E-state index >= 15 is 0 Å². The number of benzene rings is 1. The Morgan fingerprint density at radius 1 is 1.32 bits per heavy atom. The highest BCUT2D eigenvalue weighted by Crippen LogP contribution is 2.36. The lowest BCUT2D eigenvalue weighted by Gasteiger charge is -2.26. The fourth-order valence-electron chi connectivity index (χ4n) is 3.10. The molecule has 0 bridgehead atoms. The number of thiophene rings is 1. The van der Waals surface area contributed by atoms with Crippen molar-refractivity contribution in [3.05, 3.63) is 57.2 Å². The fraction of sp³-hybridized carbons (Fsp3) is 0.350. The van der Waals surface area contributed by atoms with Crippen molar-refractivity contribution in [2.24, 2.45) is 5.10 Å². The van der Waals surface area contributed by atoms with E-state index in [0.29, 0.717) is 24.6 Å². The van der Waals surface area contributed by atoms with Crippen LogP contribution in [-0.2, 0) is 14.3 Å². The molecule has 1 atom stereocenters. The minimum atomic E-state index is -0.297. The van der Waals surface area contributed by atoms with Crippen molar-refractivity contribution in [3.8, 4) is 0 Å². The highest BCUT2D eigenvalue weighted by atomic mass is 35.5. The van der Waals surface area contributed by atoms with Gasteiger partial charge in [0.15, 0.2) is 0 Å². The third kappa shape index (κ3) is 4.60. The topological polar surface area (TPSA) is 62.2 Å². The molecule has 0 saturated carbocycles. The number of halogens is 1. The van der Waals surface area contributed by atoms with E-state index in [9.17, 15) is 9.59 Å². The SMILES string of the molecule is COCCN(CC(=O)N1N=C(c2cccs2)C[C@H]1c1ccccc1Cl)C(C)=O. The average Bonchev–Trinajstić information content (AvgIpc) is 3.34. The van der Waals surface area contributed by atoms with Crippen LogP contribution in [0.15, 0.2) is 46.9 Å². The minimum Gasteiger partial charge on any atom is -0.383 e. The molecule has 0 saturated heterocycles. The van der Waals surface area contributed by atoms with E-state index in [2.05, 4.69) is 5.10 Å². The zero-order chi connectivity index (χ0) is 20.1. The number of hydrazone groups is 1. The number of rotatable bonds is 7. The van der Waals surface area contributed by atoms with E-state index in [-0.39, 0.29) is 24.4 Å². The molecule has 0 N–H and O–H groups in total. The Morgan fingerprint density at radius 3 is 2.75 bits per heavy atom. The molecule has 0 unspecified atom stereocenters. The van der Waals surface area contributed by atoms with Crippen LogP contribution in [0, 0.1) is 0 Å². The van der Waals surface area contributed by atoms with E-state index in [1.807, 2.05) is 41.8 Å². The zero-order valence-electron chi connectivity index (χ0n) is 15.8. The van der Waals surface area contributed by atoms with Crippen LogP contribution in [0.25, 0.3) is 0 Å². The van der Waals surface area contributed by atoms with Crippen LogP contribution < -0.4 is 0 Å². The molecule has 2 aromatic rings. The van der Waals surface area contributed by atoms with Crippen LogP contribution in [-0.4, -0.2) is 54.2 Å². The fourth-order valence-corrected chi connectivity index (χ4v) is 4.09. The van der Waals surface area contributed by atoms with Gasteiger partial charge >= 0.3 is 0 Å². The Hall–Kier alpha value is -2.22. The molecule has 8 heteroatoms. The van der Waals surface area contributed by atoms with E-state index in [0.717, 1.165) is 16.2 Å². The van der Waals surface area contributed by atoms with Gasteiger partial charge in [0.2, 0.25) is 5.91 Å². The van der Waals surface area contributed by atoms with Gasteiger partial charge < -0.3 is 9.64 Å². The molecular weight excluding hydrogens is 398 g/mol. The maximum atomic E-state index is 13.1. The summed E-state index contributed by atoms with van der Waals surface area (Å²) in [5, 5.41) is 8.65. The number of carbonyl (C=O) groups is 2. The predicted octanol–water partition coefficient (Wildman–Crippen LogP) is 3.57. The first-order chi connectivity index (χ1) is 13.5. The number of hydrogen-bond acceptors (Lipinski definition) is 5. The molecule has 2 amide bonds. The molecule has 28 heavy (non-hydrogen) atoms. The molecule has 0 radical (unpaired) electrons. The van der Waals surface area contributed by atoms with Crippen LogP contribution in [0.2, 0.25) is 5.02 Å². The maximum Gasteiger partial charge on any atom is 0.262 e. The first-order valence-electron chi connectivity index (χ1n) is 8.93. The summed E-state index contributed by atoms with van der Waals surface area (Å²) in [5.41, 5.74) is 1.69. The van der Waals surface area contributed by atoms with E-state index in [1.165, 1.54) is 16.8 Å². The highest BCUT2D eigenvalue weighted by Gasteiger charge is 2.35. The molecule has 3 rings (SSSR count). The molecule has 0 spiro atoms. The first-order valence-corrected chi connectivity index (χ1v) is 10.2. The van der Waals surface area contributed by atoms with Crippen LogP contribution in [0.3, 0.4) is 0 Å². The number of hydrogen-bond donors (Lipinski definition) is 0. The van der Waals surface area contributed by atoms with Crippen LogP contribution in [0.4, 0.5) is 0 Å². The molecule has 0 aliphatic carbocycles. The molecule has 1 aliphatic rings. The summed E-state index contributed by atoms with van der Waals surface area (Å²) in [6.07, 6.45) is 0.578.